The van der Waals surface area contributed by atoms with E-state index in [4.69, 9.17) is 9.47 Å². The predicted octanol–water partition coefficient (Wildman–Crippen LogP) is 6.65. The maximum Gasteiger partial charge on any atom is 0.343 e. The fourth-order valence-corrected chi connectivity index (χ4v) is 3.47. The molecule has 3 rings (SSSR count). The van der Waals surface area contributed by atoms with Crippen molar-refractivity contribution in [3.8, 4) is 5.75 Å². The molecule has 0 fully saturated rings. The summed E-state index contributed by atoms with van der Waals surface area (Å²) in [6.07, 6.45) is 7.47. The third-order valence-electron chi connectivity index (χ3n) is 5.22. The molecule has 4 heteroatoms. The molecule has 0 saturated heterocycles. The first kappa shape index (κ1) is 23.3. The van der Waals surface area contributed by atoms with Crippen LogP contribution in [0.2, 0.25) is 0 Å². The number of carbonyl (C=O) groups excluding carboxylic acids is 2. The summed E-state index contributed by atoms with van der Waals surface area (Å²) in [5.41, 5.74) is 2.33. The second kappa shape index (κ2) is 13.1. The zero-order valence-corrected chi connectivity index (χ0v) is 18.4. The smallest absolute Gasteiger partial charge is 0.343 e. The molecule has 0 N–H and O–H groups in total. The van der Waals surface area contributed by atoms with Gasteiger partial charge in [0, 0.05) is 0 Å². The topological polar surface area (TPSA) is 52.6 Å². The fraction of sp³-hybridized carbons (Fsp3) is 0.286. The Balaban J connectivity index is 1.26. The van der Waals surface area contributed by atoms with E-state index in [0.29, 0.717) is 23.5 Å². The van der Waals surface area contributed by atoms with Crippen LogP contribution in [0.3, 0.4) is 0 Å². The Bertz CT molecular complexity index is 967. The van der Waals surface area contributed by atoms with Crippen LogP contribution in [0.15, 0.2) is 84.9 Å². The Morgan fingerprint density at radius 2 is 1.19 bits per heavy atom. The van der Waals surface area contributed by atoms with Crippen molar-refractivity contribution in [3.63, 3.8) is 0 Å². The highest BCUT2D eigenvalue weighted by molar-refractivity contribution is 5.91. The molecule has 0 aliphatic carbocycles. The molecule has 0 aliphatic rings. The molecular formula is C28H30O4. The van der Waals surface area contributed by atoms with Gasteiger partial charge in [-0.15, -0.1) is 0 Å². The molecule has 166 valence electrons. The van der Waals surface area contributed by atoms with Crippen LogP contribution in [-0.2, 0) is 11.2 Å². The molecule has 0 spiro atoms. The first-order valence-corrected chi connectivity index (χ1v) is 11.3. The summed E-state index contributed by atoms with van der Waals surface area (Å²) in [4.78, 5) is 24.1. The van der Waals surface area contributed by atoms with Crippen LogP contribution in [0.5, 0.6) is 5.75 Å². The summed E-state index contributed by atoms with van der Waals surface area (Å²) in [6, 6.07) is 25.9. The number of carbonyl (C=O) groups is 2. The van der Waals surface area contributed by atoms with Crippen molar-refractivity contribution in [2.45, 2.75) is 44.9 Å². The van der Waals surface area contributed by atoms with E-state index in [9.17, 15) is 9.59 Å². The van der Waals surface area contributed by atoms with Gasteiger partial charge in [0.1, 0.15) is 5.75 Å². The van der Waals surface area contributed by atoms with Gasteiger partial charge in [-0.2, -0.15) is 0 Å². The van der Waals surface area contributed by atoms with E-state index >= 15 is 0 Å². The van der Waals surface area contributed by atoms with Crippen LogP contribution in [-0.4, -0.2) is 18.5 Å². The van der Waals surface area contributed by atoms with Crippen LogP contribution < -0.4 is 4.74 Å². The number of hydrogen-bond donors (Lipinski definition) is 0. The van der Waals surface area contributed by atoms with Gasteiger partial charge < -0.3 is 9.47 Å². The van der Waals surface area contributed by atoms with Gasteiger partial charge in [0.25, 0.3) is 0 Å². The van der Waals surface area contributed by atoms with Gasteiger partial charge in [-0.05, 0) is 61.2 Å². The molecule has 32 heavy (non-hydrogen) atoms. The zero-order chi connectivity index (χ0) is 22.4. The third kappa shape index (κ3) is 8.03. The minimum atomic E-state index is -0.336. The van der Waals surface area contributed by atoms with E-state index in [1.54, 1.807) is 24.3 Å². The number of ether oxygens (including phenoxy) is 2. The Morgan fingerprint density at radius 1 is 0.594 bits per heavy atom. The van der Waals surface area contributed by atoms with Crippen molar-refractivity contribution in [2.24, 2.45) is 0 Å². The molecule has 0 amide bonds. The van der Waals surface area contributed by atoms with Crippen LogP contribution in [0.1, 0.15) is 64.8 Å². The summed E-state index contributed by atoms with van der Waals surface area (Å²) >= 11 is 0. The average Bonchev–Trinajstić information content (AvgIpc) is 2.84. The summed E-state index contributed by atoms with van der Waals surface area (Å²) in [6.45, 7) is 0.474. The first-order valence-electron chi connectivity index (χ1n) is 11.3. The largest absolute Gasteiger partial charge is 0.462 e. The van der Waals surface area contributed by atoms with Gasteiger partial charge in [0.05, 0.1) is 17.7 Å². The fourth-order valence-electron chi connectivity index (χ4n) is 3.47. The molecule has 0 unspecified atom stereocenters. The molecule has 3 aromatic rings. The van der Waals surface area contributed by atoms with Crippen molar-refractivity contribution in [1.82, 2.24) is 0 Å². The molecule has 0 bridgehead atoms. The van der Waals surface area contributed by atoms with Crippen molar-refractivity contribution in [2.75, 3.05) is 6.61 Å². The number of benzene rings is 3. The molecule has 0 aromatic heterocycles. The summed E-state index contributed by atoms with van der Waals surface area (Å²) in [7, 11) is 0. The van der Waals surface area contributed by atoms with Gasteiger partial charge in [0.2, 0.25) is 0 Å². The highest BCUT2D eigenvalue weighted by Crippen LogP contribution is 2.18. The van der Waals surface area contributed by atoms with Crippen LogP contribution in [0.4, 0.5) is 0 Å². The van der Waals surface area contributed by atoms with Crippen molar-refractivity contribution in [3.05, 3.63) is 102 Å². The minimum absolute atomic E-state index is 0.248. The Morgan fingerprint density at radius 3 is 1.88 bits per heavy atom. The maximum absolute atomic E-state index is 12.2. The molecule has 3 aromatic carbocycles. The normalized spacial score (nSPS) is 10.5. The predicted molar refractivity (Wildman–Crippen MR) is 126 cm³/mol. The first-order chi connectivity index (χ1) is 15.7. The SMILES string of the molecule is O=C(OCCCCCCCCc1cccc(OC(=O)c2ccccc2)c1)c1ccccc1. The van der Waals surface area contributed by atoms with E-state index in [1.165, 1.54) is 5.56 Å². The minimum Gasteiger partial charge on any atom is -0.462 e. The van der Waals surface area contributed by atoms with Crippen LogP contribution in [0, 0.1) is 0 Å². The lowest BCUT2D eigenvalue weighted by Crippen LogP contribution is -2.08. The molecule has 4 nitrogen and oxygen atoms in total. The molecule has 0 aliphatic heterocycles. The summed E-state index contributed by atoms with van der Waals surface area (Å²) < 4.78 is 10.8. The van der Waals surface area contributed by atoms with Crippen molar-refractivity contribution < 1.29 is 19.1 Å². The van der Waals surface area contributed by atoms with E-state index in [-0.39, 0.29) is 11.9 Å². The molecule has 0 atom stereocenters. The highest BCUT2D eigenvalue weighted by Gasteiger charge is 2.08. The van der Waals surface area contributed by atoms with Gasteiger partial charge in [-0.25, -0.2) is 9.59 Å². The Hall–Kier alpha value is -3.40. The standard InChI is InChI=1S/C28H30O4/c29-27(24-16-8-5-9-17-24)31-21-12-4-2-1-3-7-14-23-15-13-20-26(22-23)32-28(30)25-18-10-6-11-19-25/h5-6,8-11,13,15-20,22H,1-4,7,12,14,21H2. The summed E-state index contributed by atoms with van der Waals surface area (Å²) in [5, 5.41) is 0. The average molecular weight is 431 g/mol. The Labute approximate surface area is 190 Å². The van der Waals surface area contributed by atoms with Gasteiger partial charge in [-0.1, -0.05) is 74.2 Å². The second-order valence-electron chi connectivity index (χ2n) is 7.78. The molecule has 0 saturated carbocycles. The molecular weight excluding hydrogens is 400 g/mol. The monoisotopic (exact) mass is 430 g/mol. The van der Waals surface area contributed by atoms with Gasteiger partial charge >= 0.3 is 11.9 Å². The zero-order valence-electron chi connectivity index (χ0n) is 18.4. The number of rotatable bonds is 12. The van der Waals surface area contributed by atoms with Gasteiger partial charge in [0.15, 0.2) is 0 Å². The number of hydrogen-bond acceptors (Lipinski definition) is 4. The molecule has 0 radical (unpaired) electrons. The maximum atomic E-state index is 12.2. The highest BCUT2D eigenvalue weighted by atomic mass is 16.5. The van der Waals surface area contributed by atoms with Crippen molar-refractivity contribution >= 4 is 11.9 Å². The quantitative estimate of drug-likeness (QED) is 0.183. The number of esters is 2. The van der Waals surface area contributed by atoms with E-state index in [0.717, 1.165) is 44.9 Å². The lowest BCUT2D eigenvalue weighted by atomic mass is 10.0. The second-order valence-corrected chi connectivity index (χ2v) is 7.78. The van der Waals surface area contributed by atoms with E-state index < -0.39 is 0 Å². The number of unbranched alkanes of at least 4 members (excludes halogenated alkanes) is 5. The van der Waals surface area contributed by atoms with E-state index in [2.05, 4.69) is 6.07 Å². The van der Waals surface area contributed by atoms with E-state index in [1.807, 2.05) is 54.6 Å². The lowest BCUT2D eigenvalue weighted by molar-refractivity contribution is 0.0497. The van der Waals surface area contributed by atoms with Crippen molar-refractivity contribution in [1.29, 1.82) is 0 Å². The van der Waals surface area contributed by atoms with Crippen LogP contribution in [0.25, 0.3) is 0 Å². The molecule has 0 heterocycles. The third-order valence-corrected chi connectivity index (χ3v) is 5.22. The van der Waals surface area contributed by atoms with Crippen LogP contribution >= 0.6 is 0 Å². The Kier molecular flexibility index (Phi) is 9.53. The lowest BCUT2D eigenvalue weighted by Gasteiger charge is -2.07. The number of aryl methyl sites for hydroxylation is 1. The van der Waals surface area contributed by atoms with Gasteiger partial charge in [-0.3, -0.25) is 0 Å². The summed E-state index contributed by atoms with van der Waals surface area (Å²) in [5.74, 6) is 0.000814.